The smallest absolute Gasteiger partial charge is 0.272 e. The van der Waals surface area contributed by atoms with Gasteiger partial charge in [0, 0.05) is 11.6 Å². The van der Waals surface area contributed by atoms with E-state index in [2.05, 4.69) is 15.7 Å². The number of carbonyl (C=O) groups is 2. The molecule has 0 atom stereocenters. The number of amides is 2. The molecule has 2 N–H and O–H groups in total. The normalized spacial score (nSPS) is 10.9. The number of nitrogens with zero attached hydrogens (tertiary/aromatic N) is 2. The van der Waals surface area contributed by atoms with Crippen LogP contribution in [0.1, 0.15) is 31.3 Å². The molecule has 1 aromatic heterocycles. The summed E-state index contributed by atoms with van der Waals surface area (Å²) in [6, 6.07) is 11.8. The van der Waals surface area contributed by atoms with Crippen molar-refractivity contribution in [1.29, 1.82) is 0 Å². The van der Waals surface area contributed by atoms with E-state index >= 15 is 0 Å². The summed E-state index contributed by atoms with van der Waals surface area (Å²) >= 11 is 0. The van der Waals surface area contributed by atoms with E-state index in [1.807, 2.05) is 51.1 Å². The van der Waals surface area contributed by atoms with Crippen LogP contribution in [0.5, 0.6) is 5.75 Å². The molecule has 1 aromatic carbocycles. The van der Waals surface area contributed by atoms with Gasteiger partial charge in [0.2, 0.25) is 5.91 Å². The highest BCUT2D eigenvalue weighted by Gasteiger charge is 2.15. The van der Waals surface area contributed by atoms with Crippen molar-refractivity contribution in [2.24, 2.45) is 0 Å². The number of carbonyl (C=O) groups excluding carboxylic acids is 2. The van der Waals surface area contributed by atoms with E-state index in [0.717, 1.165) is 4.68 Å². The van der Waals surface area contributed by atoms with Crippen LogP contribution in [0.25, 0.3) is 0 Å². The van der Waals surface area contributed by atoms with Crippen LogP contribution in [-0.4, -0.2) is 40.3 Å². The highest BCUT2D eigenvalue weighted by atomic mass is 16.5. The van der Waals surface area contributed by atoms with Gasteiger partial charge in [-0.2, -0.15) is 5.10 Å². The topological polar surface area (TPSA) is 102 Å². The van der Waals surface area contributed by atoms with Crippen LogP contribution in [-0.2, 0) is 11.3 Å². The number of para-hydroxylation sites is 1. The van der Waals surface area contributed by atoms with Crippen LogP contribution in [0.15, 0.2) is 47.3 Å². The van der Waals surface area contributed by atoms with Crippen LogP contribution in [0.3, 0.4) is 0 Å². The summed E-state index contributed by atoms with van der Waals surface area (Å²) < 4.78 is 6.70. The summed E-state index contributed by atoms with van der Waals surface area (Å²) in [7, 11) is 0. The lowest BCUT2D eigenvalue weighted by molar-refractivity contribution is -0.121. The van der Waals surface area contributed by atoms with E-state index in [9.17, 15) is 14.4 Å². The molecule has 2 amide bonds. The van der Waals surface area contributed by atoms with Gasteiger partial charge in [-0.3, -0.25) is 14.4 Å². The Hall–Kier alpha value is -3.16. The van der Waals surface area contributed by atoms with Crippen LogP contribution in [0.2, 0.25) is 0 Å². The molecule has 2 rings (SSSR count). The highest BCUT2D eigenvalue weighted by molar-refractivity contribution is 5.94. The largest absolute Gasteiger partial charge is 0.492 e. The molecule has 0 fully saturated rings. The summed E-state index contributed by atoms with van der Waals surface area (Å²) in [5.41, 5.74) is -0.668. The molecule has 0 unspecified atom stereocenters. The van der Waals surface area contributed by atoms with Gasteiger partial charge < -0.3 is 15.4 Å². The fraction of sp³-hybridized carbons (Fsp3) is 0.368. The second kappa shape index (κ2) is 8.98. The first-order valence-corrected chi connectivity index (χ1v) is 8.60. The van der Waals surface area contributed by atoms with E-state index in [0.29, 0.717) is 5.75 Å². The van der Waals surface area contributed by atoms with Crippen molar-refractivity contribution >= 4 is 11.8 Å². The van der Waals surface area contributed by atoms with Crippen molar-refractivity contribution in [2.75, 3.05) is 13.2 Å². The van der Waals surface area contributed by atoms with Gasteiger partial charge in [-0.15, -0.1) is 0 Å². The predicted octanol–water partition coefficient (Wildman–Crippen LogP) is 0.967. The summed E-state index contributed by atoms with van der Waals surface area (Å²) in [4.78, 5) is 35.9. The first kappa shape index (κ1) is 20.2. The van der Waals surface area contributed by atoms with Gasteiger partial charge >= 0.3 is 0 Å². The molecule has 0 aliphatic rings. The maximum absolute atomic E-state index is 12.2. The van der Waals surface area contributed by atoms with Crippen LogP contribution < -0.4 is 20.9 Å². The van der Waals surface area contributed by atoms with Crippen molar-refractivity contribution in [3.05, 3.63) is 58.5 Å². The first-order chi connectivity index (χ1) is 12.7. The molecule has 8 nitrogen and oxygen atoms in total. The van der Waals surface area contributed by atoms with Crippen LogP contribution in [0, 0.1) is 0 Å². The molecule has 144 valence electrons. The zero-order chi connectivity index (χ0) is 19.9. The summed E-state index contributed by atoms with van der Waals surface area (Å²) in [6.45, 7) is 5.80. The summed E-state index contributed by atoms with van der Waals surface area (Å²) in [5, 5.41) is 9.27. The molecule has 27 heavy (non-hydrogen) atoms. The molecule has 1 heterocycles. The van der Waals surface area contributed by atoms with E-state index in [4.69, 9.17) is 4.74 Å². The number of aromatic nitrogens is 2. The molecule has 2 aromatic rings. The van der Waals surface area contributed by atoms with Crippen LogP contribution >= 0.6 is 0 Å². The van der Waals surface area contributed by atoms with Gasteiger partial charge in [0.25, 0.3) is 11.5 Å². The fourth-order valence-electron chi connectivity index (χ4n) is 2.21. The van der Waals surface area contributed by atoms with Crippen molar-refractivity contribution in [1.82, 2.24) is 20.4 Å². The molecular weight excluding hydrogens is 348 g/mol. The predicted molar refractivity (Wildman–Crippen MR) is 101 cm³/mol. The van der Waals surface area contributed by atoms with Gasteiger partial charge in [-0.1, -0.05) is 18.2 Å². The second-order valence-electron chi connectivity index (χ2n) is 6.92. The Labute approximate surface area is 157 Å². The molecular formula is C19H24N4O4. The number of hydrogen-bond donors (Lipinski definition) is 2. The SMILES string of the molecule is CC(C)(C)NC(=O)CNC(=O)c1ccc(=O)n(CCOc2ccccc2)n1. The standard InChI is InChI=1S/C19H24N4O4/c1-19(2,3)21-16(24)13-20-18(26)15-9-10-17(25)23(22-15)11-12-27-14-7-5-4-6-8-14/h4-10H,11-13H2,1-3H3,(H,20,26)(H,21,24). The van der Waals surface area contributed by atoms with E-state index in [1.165, 1.54) is 12.1 Å². The Morgan fingerprint density at radius 1 is 1.11 bits per heavy atom. The minimum atomic E-state index is -0.531. The first-order valence-electron chi connectivity index (χ1n) is 8.60. The minimum Gasteiger partial charge on any atom is -0.492 e. The Morgan fingerprint density at radius 2 is 1.81 bits per heavy atom. The number of ether oxygens (including phenoxy) is 1. The Balaban J connectivity index is 1.92. The Kier molecular flexibility index (Phi) is 6.70. The third kappa shape index (κ3) is 6.93. The highest BCUT2D eigenvalue weighted by Crippen LogP contribution is 2.07. The summed E-state index contributed by atoms with van der Waals surface area (Å²) in [6.07, 6.45) is 0. The van der Waals surface area contributed by atoms with E-state index < -0.39 is 5.91 Å². The van der Waals surface area contributed by atoms with Gasteiger partial charge in [0.05, 0.1) is 13.1 Å². The molecule has 0 aliphatic carbocycles. The monoisotopic (exact) mass is 372 g/mol. The van der Waals surface area contributed by atoms with Crippen molar-refractivity contribution < 1.29 is 14.3 Å². The van der Waals surface area contributed by atoms with Crippen LogP contribution in [0.4, 0.5) is 0 Å². The van der Waals surface area contributed by atoms with Crippen molar-refractivity contribution in [2.45, 2.75) is 32.9 Å². The third-order valence-corrected chi connectivity index (χ3v) is 3.34. The van der Waals surface area contributed by atoms with E-state index in [1.54, 1.807) is 0 Å². The van der Waals surface area contributed by atoms with Crippen molar-refractivity contribution in [3.8, 4) is 5.75 Å². The number of benzene rings is 1. The third-order valence-electron chi connectivity index (χ3n) is 3.34. The lowest BCUT2D eigenvalue weighted by atomic mass is 10.1. The van der Waals surface area contributed by atoms with Gasteiger partial charge in [-0.25, -0.2) is 4.68 Å². The number of rotatable bonds is 7. The van der Waals surface area contributed by atoms with Crippen molar-refractivity contribution in [3.63, 3.8) is 0 Å². The average molecular weight is 372 g/mol. The Morgan fingerprint density at radius 3 is 2.48 bits per heavy atom. The molecule has 0 saturated carbocycles. The number of hydrogen-bond acceptors (Lipinski definition) is 5. The minimum absolute atomic E-state index is 0.0536. The average Bonchev–Trinajstić information content (AvgIpc) is 2.61. The number of nitrogens with one attached hydrogen (secondary N) is 2. The lowest BCUT2D eigenvalue weighted by Gasteiger charge is -2.20. The van der Waals surface area contributed by atoms with E-state index in [-0.39, 0.29) is 42.4 Å². The Bertz CT molecular complexity index is 841. The molecule has 0 radical (unpaired) electrons. The molecule has 0 aliphatic heterocycles. The molecule has 0 bridgehead atoms. The molecule has 0 saturated heterocycles. The fourth-order valence-corrected chi connectivity index (χ4v) is 2.21. The zero-order valence-corrected chi connectivity index (χ0v) is 15.7. The molecule has 0 spiro atoms. The van der Waals surface area contributed by atoms with Gasteiger partial charge in [0.15, 0.2) is 0 Å². The van der Waals surface area contributed by atoms with Gasteiger partial charge in [-0.05, 0) is 39.0 Å². The molecule has 8 heteroatoms. The quantitative estimate of drug-likeness (QED) is 0.754. The van der Waals surface area contributed by atoms with Gasteiger partial charge in [0.1, 0.15) is 18.1 Å². The summed E-state index contributed by atoms with van der Waals surface area (Å²) in [5.74, 6) is -0.151. The lowest BCUT2D eigenvalue weighted by Crippen LogP contribution is -2.46. The zero-order valence-electron chi connectivity index (χ0n) is 15.7. The maximum Gasteiger partial charge on any atom is 0.272 e. The second-order valence-corrected chi connectivity index (χ2v) is 6.92. The maximum atomic E-state index is 12.2.